The summed E-state index contributed by atoms with van der Waals surface area (Å²) in [5.74, 6) is 0.872. The van der Waals surface area contributed by atoms with E-state index in [4.69, 9.17) is 9.84 Å². The average molecular weight is 271 g/mol. The lowest BCUT2D eigenvalue weighted by Crippen LogP contribution is -2.17. The fourth-order valence-electron chi connectivity index (χ4n) is 1.99. The number of nitrogens with one attached hydrogen (secondary N) is 1. The van der Waals surface area contributed by atoms with Crippen LogP contribution in [0, 0.1) is 6.92 Å². The summed E-state index contributed by atoms with van der Waals surface area (Å²) in [6, 6.07) is 16.3. The van der Waals surface area contributed by atoms with Crippen LogP contribution in [0.1, 0.15) is 16.7 Å². The molecule has 0 radical (unpaired) electrons. The summed E-state index contributed by atoms with van der Waals surface area (Å²) in [7, 11) is 0. The highest BCUT2D eigenvalue weighted by Gasteiger charge is 2.00. The molecule has 0 aromatic heterocycles. The smallest absolute Gasteiger partial charge is 0.120 e. The van der Waals surface area contributed by atoms with Crippen LogP contribution in [0.25, 0.3) is 0 Å². The minimum absolute atomic E-state index is 0.156. The van der Waals surface area contributed by atoms with Gasteiger partial charge in [-0.25, -0.2) is 0 Å². The van der Waals surface area contributed by atoms with Crippen LogP contribution in [0.5, 0.6) is 5.75 Å². The first-order valence-electron chi connectivity index (χ1n) is 6.87. The lowest BCUT2D eigenvalue weighted by atomic mass is 10.1. The number of benzene rings is 2. The van der Waals surface area contributed by atoms with Gasteiger partial charge in [-0.2, -0.15) is 0 Å². The molecule has 3 heteroatoms. The molecule has 0 amide bonds. The van der Waals surface area contributed by atoms with Gasteiger partial charge in [0.15, 0.2) is 0 Å². The van der Waals surface area contributed by atoms with Crippen LogP contribution in [-0.4, -0.2) is 18.3 Å². The van der Waals surface area contributed by atoms with Crippen molar-refractivity contribution in [3.05, 3.63) is 65.2 Å². The summed E-state index contributed by atoms with van der Waals surface area (Å²) in [6.45, 7) is 4.17. The summed E-state index contributed by atoms with van der Waals surface area (Å²) >= 11 is 0. The normalized spacial score (nSPS) is 10.5. The van der Waals surface area contributed by atoms with Crippen molar-refractivity contribution in [1.82, 2.24) is 5.32 Å². The molecule has 0 unspecified atom stereocenters. The van der Waals surface area contributed by atoms with Crippen LogP contribution in [0.2, 0.25) is 0 Å². The highest BCUT2D eigenvalue weighted by molar-refractivity contribution is 5.30. The fourth-order valence-corrected chi connectivity index (χ4v) is 1.99. The molecule has 2 aromatic carbocycles. The third-order valence-electron chi connectivity index (χ3n) is 3.17. The van der Waals surface area contributed by atoms with Crippen LogP contribution < -0.4 is 10.1 Å². The monoisotopic (exact) mass is 271 g/mol. The van der Waals surface area contributed by atoms with E-state index < -0.39 is 0 Å². The zero-order valence-electron chi connectivity index (χ0n) is 11.8. The quantitative estimate of drug-likeness (QED) is 0.761. The van der Waals surface area contributed by atoms with Crippen LogP contribution in [0.4, 0.5) is 0 Å². The Morgan fingerprint density at radius 1 is 1.10 bits per heavy atom. The van der Waals surface area contributed by atoms with E-state index in [-0.39, 0.29) is 6.61 Å². The van der Waals surface area contributed by atoms with Crippen molar-refractivity contribution in [2.24, 2.45) is 0 Å². The second-order valence-electron chi connectivity index (χ2n) is 4.76. The molecule has 0 bridgehead atoms. The largest absolute Gasteiger partial charge is 0.489 e. The molecule has 0 atom stereocenters. The summed E-state index contributed by atoms with van der Waals surface area (Å²) in [5.41, 5.74) is 3.60. The van der Waals surface area contributed by atoms with Crippen LogP contribution in [0.3, 0.4) is 0 Å². The van der Waals surface area contributed by atoms with Gasteiger partial charge in [-0.1, -0.05) is 36.4 Å². The maximum Gasteiger partial charge on any atom is 0.120 e. The summed E-state index contributed by atoms with van der Waals surface area (Å²) in [4.78, 5) is 0. The average Bonchev–Trinajstić information content (AvgIpc) is 2.47. The number of ether oxygens (including phenoxy) is 1. The van der Waals surface area contributed by atoms with Gasteiger partial charge < -0.3 is 15.2 Å². The van der Waals surface area contributed by atoms with Crippen LogP contribution in [-0.2, 0) is 13.2 Å². The molecule has 0 heterocycles. The molecular formula is C17H21NO2. The molecule has 0 aliphatic rings. The van der Waals surface area contributed by atoms with E-state index in [9.17, 15) is 0 Å². The van der Waals surface area contributed by atoms with Crippen molar-refractivity contribution in [3.63, 3.8) is 0 Å². The van der Waals surface area contributed by atoms with Crippen LogP contribution >= 0.6 is 0 Å². The Hall–Kier alpha value is -1.84. The second kappa shape index (κ2) is 7.68. The summed E-state index contributed by atoms with van der Waals surface area (Å²) < 4.78 is 5.84. The molecule has 2 aromatic rings. The zero-order valence-corrected chi connectivity index (χ0v) is 11.8. The van der Waals surface area contributed by atoms with E-state index >= 15 is 0 Å². The van der Waals surface area contributed by atoms with Crippen molar-refractivity contribution in [3.8, 4) is 5.75 Å². The predicted molar refractivity (Wildman–Crippen MR) is 80.7 cm³/mol. The Kier molecular flexibility index (Phi) is 5.59. The Morgan fingerprint density at radius 2 is 1.95 bits per heavy atom. The Morgan fingerprint density at radius 3 is 2.75 bits per heavy atom. The first kappa shape index (κ1) is 14.6. The van der Waals surface area contributed by atoms with Crippen molar-refractivity contribution < 1.29 is 9.84 Å². The van der Waals surface area contributed by atoms with Gasteiger partial charge in [0.05, 0.1) is 6.61 Å². The Bertz CT molecular complexity index is 540. The van der Waals surface area contributed by atoms with E-state index in [2.05, 4.69) is 24.4 Å². The van der Waals surface area contributed by atoms with Crippen molar-refractivity contribution in [1.29, 1.82) is 0 Å². The number of aliphatic hydroxyl groups excluding tert-OH is 1. The van der Waals surface area contributed by atoms with E-state index in [1.807, 2.05) is 36.4 Å². The maximum atomic E-state index is 8.75. The van der Waals surface area contributed by atoms with Gasteiger partial charge >= 0.3 is 0 Å². The third kappa shape index (κ3) is 4.37. The summed E-state index contributed by atoms with van der Waals surface area (Å²) in [5, 5.41) is 11.9. The molecule has 0 spiro atoms. The number of aliphatic hydroxyl groups is 1. The SMILES string of the molecule is Cc1ccccc1COc1cccc(CNCCO)c1. The van der Waals surface area contributed by atoms with E-state index in [0.717, 1.165) is 17.9 Å². The van der Waals surface area contributed by atoms with Gasteiger partial charge in [0.1, 0.15) is 12.4 Å². The first-order chi connectivity index (χ1) is 9.79. The number of rotatable bonds is 7. The lowest BCUT2D eigenvalue weighted by molar-refractivity contribution is 0.291. The lowest BCUT2D eigenvalue weighted by Gasteiger charge is -2.10. The molecule has 2 rings (SSSR count). The molecule has 0 fully saturated rings. The highest BCUT2D eigenvalue weighted by atomic mass is 16.5. The highest BCUT2D eigenvalue weighted by Crippen LogP contribution is 2.16. The van der Waals surface area contributed by atoms with Crippen molar-refractivity contribution >= 4 is 0 Å². The number of aryl methyl sites for hydroxylation is 1. The van der Waals surface area contributed by atoms with Crippen molar-refractivity contribution in [2.75, 3.05) is 13.2 Å². The molecule has 0 aliphatic carbocycles. The third-order valence-corrected chi connectivity index (χ3v) is 3.17. The number of hydrogen-bond acceptors (Lipinski definition) is 3. The molecule has 0 aliphatic heterocycles. The fraction of sp³-hybridized carbons (Fsp3) is 0.294. The minimum Gasteiger partial charge on any atom is -0.489 e. The van der Waals surface area contributed by atoms with Crippen molar-refractivity contribution in [2.45, 2.75) is 20.1 Å². The van der Waals surface area contributed by atoms with Crippen LogP contribution in [0.15, 0.2) is 48.5 Å². The molecule has 0 saturated carbocycles. The van der Waals surface area contributed by atoms with E-state index in [0.29, 0.717) is 13.2 Å². The number of hydrogen-bond donors (Lipinski definition) is 2. The molecule has 106 valence electrons. The topological polar surface area (TPSA) is 41.5 Å². The minimum atomic E-state index is 0.156. The maximum absolute atomic E-state index is 8.75. The van der Waals surface area contributed by atoms with E-state index in [1.54, 1.807) is 0 Å². The first-order valence-corrected chi connectivity index (χ1v) is 6.87. The van der Waals surface area contributed by atoms with Gasteiger partial charge in [-0.3, -0.25) is 0 Å². The van der Waals surface area contributed by atoms with Gasteiger partial charge in [-0.05, 0) is 35.7 Å². The molecule has 0 saturated heterocycles. The summed E-state index contributed by atoms with van der Waals surface area (Å²) in [6.07, 6.45) is 0. The molecule has 3 nitrogen and oxygen atoms in total. The zero-order chi connectivity index (χ0) is 14.2. The van der Waals surface area contributed by atoms with Gasteiger partial charge in [0.25, 0.3) is 0 Å². The molecule has 2 N–H and O–H groups in total. The molecular weight excluding hydrogens is 250 g/mol. The van der Waals surface area contributed by atoms with Gasteiger partial charge in [0.2, 0.25) is 0 Å². The van der Waals surface area contributed by atoms with Gasteiger partial charge in [-0.15, -0.1) is 0 Å². The Balaban J connectivity index is 1.93. The predicted octanol–water partition coefficient (Wildman–Crippen LogP) is 2.66. The molecule has 20 heavy (non-hydrogen) atoms. The standard InChI is InChI=1S/C17H21NO2/c1-14-5-2-3-7-16(14)13-20-17-8-4-6-15(11-17)12-18-9-10-19/h2-8,11,18-19H,9-10,12-13H2,1H3. The van der Waals surface area contributed by atoms with E-state index in [1.165, 1.54) is 11.1 Å². The second-order valence-corrected chi connectivity index (χ2v) is 4.76. The Labute approximate surface area is 120 Å². The van der Waals surface area contributed by atoms with Gasteiger partial charge in [0, 0.05) is 13.1 Å².